The van der Waals surface area contributed by atoms with Gasteiger partial charge in [0.25, 0.3) is 0 Å². The van der Waals surface area contributed by atoms with Gasteiger partial charge in [0.05, 0.1) is 16.7 Å². The Morgan fingerprint density at radius 2 is 1.18 bits per heavy atom. The van der Waals surface area contributed by atoms with Crippen LogP contribution in [0, 0.1) is 5.92 Å². The second kappa shape index (κ2) is 13.6. The fourth-order valence-electron chi connectivity index (χ4n) is 4.84. The molecule has 0 N–H and O–H groups in total. The summed E-state index contributed by atoms with van der Waals surface area (Å²) in [7, 11) is 1.70. The predicted octanol–water partition coefficient (Wildman–Crippen LogP) is 9.62. The molecule has 0 spiro atoms. The molecule has 0 saturated heterocycles. The van der Waals surface area contributed by atoms with Gasteiger partial charge in [-0.25, -0.2) is 0 Å². The number of aryl methyl sites for hydroxylation is 1. The number of unbranched alkanes of at least 4 members (excludes halogenated alkanes) is 5. The summed E-state index contributed by atoms with van der Waals surface area (Å²) >= 11 is 0. The molecule has 0 heterocycles. The Hall–Kier alpha value is -1.24. The molecular formula is C26H40F6O. The van der Waals surface area contributed by atoms with Crippen LogP contribution in [0.4, 0.5) is 26.3 Å². The van der Waals surface area contributed by atoms with Gasteiger partial charge in [-0.2, -0.15) is 26.3 Å². The first-order valence-electron chi connectivity index (χ1n) is 12.3. The van der Waals surface area contributed by atoms with Crippen LogP contribution >= 0.6 is 0 Å². The summed E-state index contributed by atoms with van der Waals surface area (Å²) in [5.74, 6) is 0.219. The number of alkyl halides is 6. The summed E-state index contributed by atoms with van der Waals surface area (Å²) in [5, 5.41) is 0. The Morgan fingerprint density at radius 3 is 1.64 bits per heavy atom. The van der Waals surface area contributed by atoms with Crippen LogP contribution in [0.3, 0.4) is 0 Å². The van der Waals surface area contributed by atoms with Gasteiger partial charge in [0.2, 0.25) is 0 Å². The lowest BCUT2D eigenvalue weighted by Crippen LogP contribution is -2.39. The zero-order valence-electron chi connectivity index (χ0n) is 20.5. The van der Waals surface area contributed by atoms with Gasteiger partial charge in [0.15, 0.2) is 0 Å². The predicted molar refractivity (Wildman–Crippen MR) is 121 cm³/mol. The molecule has 0 aromatic heterocycles. The molecule has 1 rings (SSSR count). The van der Waals surface area contributed by atoms with Crippen LogP contribution in [0.5, 0.6) is 0 Å². The Balaban J connectivity index is 2.92. The minimum atomic E-state index is -4.81. The van der Waals surface area contributed by atoms with E-state index in [1.165, 1.54) is 25.7 Å². The van der Waals surface area contributed by atoms with E-state index in [0.717, 1.165) is 44.2 Å². The number of hydrogen-bond donors (Lipinski definition) is 0. The molecule has 1 aromatic rings. The summed E-state index contributed by atoms with van der Waals surface area (Å²) in [5.41, 5.74) is -2.73. The van der Waals surface area contributed by atoms with Gasteiger partial charge < -0.3 is 4.74 Å². The minimum absolute atomic E-state index is 0.0754. The quantitative estimate of drug-likeness (QED) is 0.179. The molecule has 0 aliphatic heterocycles. The molecule has 0 aliphatic carbocycles. The molecular weight excluding hydrogens is 442 g/mol. The summed E-state index contributed by atoms with van der Waals surface area (Å²) in [6, 6.07) is 1.89. The minimum Gasteiger partial charge on any atom is -0.378 e. The average Bonchev–Trinajstić information content (AvgIpc) is 2.75. The summed E-state index contributed by atoms with van der Waals surface area (Å²) in [6.45, 7) is 6.32. The summed E-state index contributed by atoms with van der Waals surface area (Å²) in [6.07, 6.45) is 1.38. The molecule has 33 heavy (non-hydrogen) atoms. The van der Waals surface area contributed by atoms with Crippen molar-refractivity contribution in [1.29, 1.82) is 0 Å². The van der Waals surface area contributed by atoms with Crippen molar-refractivity contribution < 1.29 is 31.1 Å². The van der Waals surface area contributed by atoms with Crippen molar-refractivity contribution in [1.82, 2.24) is 0 Å². The van der Waals surface area contributed by atoms with Gasteiger partial charge in [-0.15, -0.1) is 0 Å². The molecule has 0 amide bonds. The molecule has 192 valence electrons. The highest BCUT2D eigenvalue weighted by Crippen LogP contribution is 2.38. The van der Waals surface area contributed by atoms with Crippen LogP contribution < -0.4 is 0 Å². The highest BCUT2D eigenvalue weighted by molar-refractivity contribution is 5.33. The first-order valence-corrected chi connectivity index (χ1v) is 12.3. The van der Waals surface area contributed by atoms with Crippen LogP contribution in [0.1, 0.15) is 108 Å². The number of benzene rings is 1. The monoisotopic (exact) mass is 482 g/mol. The molecule has 1 nitrogen and oxygen atoms in total. The Labute approximate surface area is 195 Å². The van der Waals surface area contributed by atoms with Crippen LogP contribution in [0.2, 0.25) is 0 Å². The van der Waals surface area contributed by atoms with E-state index in [1.807, 2.05) is 0 Å². The Kier molecular flexibility index (Phi) is 12.3. The summed E-state index contributed by atoms with van der Waals surface area (Å²) in [4.78, 5) is 0. The first kappa shape index (κ1) is 29.8. The third-order valence-electron chi connectivity index (χ3n) is 6.92. The molecule has 0 radical (unpaired) electrons. The van der Waals surface area contributed by atoms with Gasteiger partial charge in [-0.05, 0) is 68.2 Å². The lowest BCUT2D eigenvalue weighted by Gasteiger charge is -2.39. The maximum Gasteiger partial charge on any atom is 0.416 e. The van der Waals surface area contributed by atoms with E-state index in [1.54, 1.807) is 7.11 Å². The fraction of sp³-hybridized carbons (Fsp3) is 0.769. The molecule has 0 fully saturated rings. The maximum absolute atomic E-state index is 13.1. The van der Waals surface area contributed by atoms with Crippen molar-refractivity contribution in [2.45, 2.75) is 116 Å². The second-order valence-electron chi connectivity index (χ2n) is 9.04. The van der Waals surface area contributed by atoms with E-state index < -0.39 is 23.5 Å². The Morgan fingerprint density at radius 1 is 0.697 bits per heavy atom. The smallest absolute Gasteiger partial charge is 0.378 e. The highest BCUT2D eigenvalue weighted by atomic mass is 19.4. The van der Waals surface area contributed by atoms with Crippen molar-refractivity contribution in [3.63, 3.8) is 0 Å². The zero-order valence-corrected chi connectivity index (χ0v) is 20.5. The van der Waals surface area contributed by atoms with E-state index in [9.17, 15) is 26.3 Å². The van der Waals surface area contributed by atoms with Crippen LogP contribution in [0.15, 0.2) is 18.2 Å². The molecule has 1 aromatic carbocycles. The molecule has 1 unspecified atom stereocenters. The maximum atomic E-state index is 13.1. The van der Waals surface area contributed by atoms with Gasteiger partial charge in [0, 0.05) is 7.11 Å². The molecule has 0 aliphatic rings. The van der Waals surface area contributed by atoms with Gasteiger partial charge in [0.1, 0.15) is 0 Å². The van der Waals surface area contributed by atoms with E-state index >= 15 is 0 Å². The van der Waals surface area contributed by atoms with E-state index in [-0.39, 0.29) is 29.6 Å². The molecule has 0 bridgehead atoms. The van der Waals surface area contributed by atoms with Gasteiger partial charge in [-0.1, -0.05) is 59.3 Å². The van der Waals surface area contributed by atoms with Crippen LogP contribution in [-0.4, -0.2) is 12.7 Å². The normalized spacial score (nSPS) is 14.0. The van der Waals surface area contributed by atoms with Crippen molar-refractivity contribution in [2.24, 2.45) is 5.92 Å². The molecule has 1 atom stereocenters. The van der Waals surface area contributed by atoms with Crippen molar-refractivity contribution in [3.05, 3.63) is 34.9 Å². The van der Waals surface area contributed by atoms with Gasteiger partial charge >= 0.3 is 12.4 Å². The summed E-state index contributed by atoms with van der Waals surface area (Å²) < 4.78 is 84.8. The SMILES string of the molecule is CCCCCCCCC(CCCc1cc(C(F)(F)F)cc(C(F)(F)F)c1)C(CC)(CC)OC. The van der Waals surface area contributed by atoms with E-state index in [4.69, 9.17) is 4.74 Å². The lowest BCUT2D eigenvalue weighted by molar-refractivity contribution is -0.143. The average molecular weight is 483 g/mol. The van der Waals surface area contributed by atoms with Crippen LogP contribution in [-0.2, 0) is 23.5 Å². The van der Waals surface area contributed by atoms with Gasteiger partial charge in [-0.3, -0.25) is 0 Å². The van der Waals surface area contributed by atoms with Crippen molar-refractivity contribution >= 4 is 0 Å². The second-order valence-corrected chi connectivity index (χ2v) is 9.04. The largest absolute Gasteiger partial charge is 0.416 e. The fourth-order valence-corrected chi connectivity index (χ4v) is 4.84. The molecule has 0 saturated carbocycles. The highest BCUT2D eigenvalue weighted by Gasteiger charge is 2.37. The first-order chi connectivity index (χ1) is 15.4. The van der Waals surface area contributed by atoms with E-state index in [0.29, 0.717) is 12.8 Å². The van der Waals surface area contributed by atoms with Crippen molar-refractivity contribution in [2.75, 3.05) is 7.11 Å². The standard InChI is InChI=1S/C26H40F6O/c1-5-8-9-10-11-12-15-21(24(6-2,7-3)33-4)16-13-14-20-17-22(25(27,28)29)19-23(18-20)26(30,31)32/h17-19,21H,5-16H2,1-4H3. The topological polar surface area (TPSA) is 9.23 Å². The number of rotatable bonds is 15. The number of hydrogen-bond acceptors (Lipinski definition) is 1. The number of halogens is 6. The Bertz CT molecular complexity index is 636. The third kappa shape index (κ3) is 9.50. The number of ether oxygens (including phenoxy) is 1. The zero-order chi connectivity index (χ0) is 25.1. The van der Waals surface area contributed by atoms with Crippen molar-refractivity contribution in [3.8, 4) is 0 Å². The molecule has 7 heteroatoms. The van der Waals surface area contributed by atoms with E-state index in [2.05, 4.69) is 20.8 Å². The number of methoxy groups -OCH3 is 1. The third-order valence-corrected chi connectivity index (χ3v) is 6.92. The van der Waals surface area contributed by atoms with Crippen LogP contribution in [0.25, 0.3) is 0 Å². The lowest BCUT2D eigenvalue weighted by atomic mass is 9.76.